The molecule has 1 N–H and O–H groups in total. The zero-order valence-electron chi connectivity index (χ0n) is 11.1. The third kappa shape index (κ3) is 4.50. The molecule has 1 aromatic heterocycles. The number of rotatable bonds is 7. The van der Waals surface area contributed by atoms with Crippen LogP contribution in [0.5, 0.6) is 0 Å². The number of benzene rings is 1. The number of hydrogen-bond acceptors (Lipinski definition) is 4. The first-order valence-electron chi connectivity index (χ1n) is 6.22. The van der Waals surface area contributed by atoms with Gasteiger partial charge in [-0.2, -0.15) is 0 Å². The predicted octanol–water partition coefficient (Wildman–Crippen LogP) is 3.81. The lowest BCUT2D eigenvalue weighted by molar-refractivity contribution is 0.167. The summed E-state index contributed by atoms with van der Waals surface area (Å²) in [6.07, 6.45) is 0. The molecular formula is C15H18N2OS. The molecule has 0 unspecified atom stereocenters. The van der Waals surface area contributed by atoms with E-state index in [9.17, 15) is 0 Å². The average molecular weight is 274 g/mol. The standard InChI is InChI=1S/C15H18N2OS/c1-12(2)10-18-9-8-16-15-17-14(11-19-15)13-6-4-3-5-7-13/h3-7,11H,1,8-10H2,2H3,(H,16,17). The largest absolute Gasteiger partial charge is 0.375 e. The molecule has 0 fully saturated rings. The lowest BCUT2D eigenvalue weighted by Crippen LogP contribution is -2.10. The van der Waals surface area contributed by atoms with E-state index in [1.54, 1.807) is 11.3 Å². The highest BCUT2D eigenvalue weighted by Crippen LogP contribution is 2.24. The van der Waals surface area contributed by atoms with Gasteiger partial charge in [0.2, 0.25) is 0 Å². The van der Waals surface area contributed by atoms with Crippen LogP contribution in [0.2, 0.25) is 0 Å². The second-order valence-electron chi connectivity index (χ2n) is 4.34. The number of aromatic nitrogens is 1. The first-order chi connectivity index (χ1) is 9.25. The zero-order chi connectivity index (χ0) is 13.5. The van der Waals surface area contributed by atoms with Gasteiger partial charge in [0.25, 0.3) is 0 Å². The Morgan fingerprint density at radius 2 is 2.16 bits per heavy atom. The van der Waals surface area contributed by atoms with E-state index in [2.05, 4.69) is 34.4 Å². The molecule has 0 saturated carbocycles. The average Bonchev–Trinajstić information content (AvgIpc) is 2.88. The van der Waals surface area contributed by atoms with Gasteiger partial charge in [-0.3, -0.25) is 0 Å². The van der Waals surface area contributed by atoms with Gasteiger partial charge in [-0.15, -0.1) is 11.3 Å². The molecule has 2 rings (SSSR count). The van der Waals surface area contributed by atoms with Crippen molar-refractivity contribution in [3.8, 4) is 11.3 Å². The fourth-order valence-electron chi connectivity index (χ4n) is 1.57. The number of nitrogens with one attached hydrogen (secondary N) is 1. The van der Waals surface area contributed by atoms with Crippen LogP contribution in [0.15, 0.2) is 47.9 Å². The highest BCUT2D eigenvalue weighted by Gasteiger charge is 2.03. The molecule has 19 heavy (non-hydrogen) atoms. The van der Waals surface area contributed by atoms with Gasteiger partial charge in [0.15, 0.2) is 5.13 Å². The van der Waals surface area contributed by atoms with Crippen LogP contribution in [0.1, 0.15) is 6.92 Å². The molecule has 1 heterocycles. The van der Waals surface area contributed by atoms with Gasteiger partial charge in [-0.25, -0.2) is 4.98 Å². The van der Waals surface area contributed by atoms with Crippen molar-refractivity contribution in [2.45, 2.75) is 6.92 Å². The molecule has 0 spiro atoms. The van der Waals surface area contributed by atoms with Crippen molar-refractivity contribution in [2.75, 3.05) is 25.1 Å². The molecule has 0 radical (unpaired) electrons. The molecule has 4 heteroatoms. The van der Waals surface area contributed by atoms with Crippen LogP contribution in [-0.2, 0) is 4.74 Å². The Morgan fingerprint density at radius 3 is 2.89 bits per heavy atom. The maximum absolute atomic E-state index is 5.42. The van der Waals surface area contributed by atoms with E-state index in [0.29, 0.717) is 13.2 Å². The molecule has 0 aliphatic heterocycles. The highest BCUT2D eigenvalue weighted by molar-refractivity contribution is 7.14. The van der Waals surface area contributed by atoms with Gasteiger partial charge in [0.1, 0.15) is 0 Å². The van der Waals surface area contributed by atoms with E-state index < -0.39 is 0 Å². The van der Waals surface area contributed by atoms with Gasteiger partial charge >= 0.3 is 0 Å². The Hall–Kier alpha value is -1.65. The lowest BCUT2D eigenvalue weighted by Gasteiger charge is -2.04. The summed E-state index contributed by atoms with van der Waals surface area (Å²) in [5.74, 6) is 0. The van der Waals surface area contributed by atoms with Crippen LogP contribution < -0.4 is 5.32 Å². The van der Waals surface area contributed by atoms with Crippen molar-refractivity contribution in [1.82, 2.24) is 4.98 Å². The SMILES string of the molecule is C=C(C)COCCNc1nc(-c2ccccc2)cs1. The fraction of sp³-hybridized carbons (Fsp3) is 0.267. The van der Waals surface area contributed by atoms with Crippen molar-refractivity contribution in [3.63, 3.8) is 0 Å². The maximum atomic E-state index is 5.42. The van der Waals surface area contributed by atoms with Gasteiger partial charge in [-0.1, -0.05) is 42.5 Å². The third-order valence-corrected chi connectivity index (χ3v) is 3.24. The van der Waals surface area contributed by atoms with Crippen molar-refractivity contribution < 1.29 is 4.74 Å². The summed E-state index contributed by atoms with van der Waals surface area (Å²) < 4.78 is 5.42. The summed E-state index contributed by atoms with van der Waals surface area (Å²) >= 11 is 1.61. The first kappa shape index (κ1) is 13.8. The molecule has 2 aromatic rings. The van der Waals surface area contributed by atoms with E-state index in [1.807, 2.05) is 25.1 Å². The second kappa shape index (κ2) is 7.07. The highest BCUT2D eigenvalue weighted by atomic mass is 32.1. The summed E-state index contributed by atoms with van der Waals surface area (Å²) in [6.45, 7) is 7.79. The maximum Gasteiger partial charge on any atom is 0.183 e. The predicted molar refractivity (Wildman–Crippen MR) is 81.7 cm³/mol. The molecule has 0 bridgehead atoms. The monoisotopic (exact) mass is 274 g/mol. The van der Waals surface area contributed by atoms with Crippen LogP contribution >= 0.6 is 11.3 Å². The minimum atomic E-state index is 0.620. The van der Waals surface area contributed by atoms with Crippen LogP contribution in [0, 0.1) is 0 Å². The lowest BCUT2D eigenvalue weighted by atomic mass is 10.2. The summed E-state index contributed by atoms with van der Waals surface area (Å²) in [5.41, 5.74) is 3.20. The van der Waals surface area contributed by atoms with Crippen molar-refractivity contribution in [2.24, 2.45) is 0 Å². The van der Waals surface area contributed by atoms with E-state index in [1.165, 1.54) is 0 Å². The van der Waals surface area contributed by atoms with E-state index in [0.717, 1.165) is 28.5 Å². The summed E-state index contributed by atoms with van der Waals surface area (Å²) in [5, 5.41) is 6.25. The second-order valence-corrected chi connectivity index (χ2v) is 5.20. The molecule has 0 aliphatic rings. The van der Waals surface area contributed by atoms with Gasteiger partial charge < -0.3 is 10.1 Å². The van der Waals surface area contributed by atoms with Crippen molar-refractivity contribution in [3.05, 3.63) is 47.9 Å². The number of hydrogen-bond donors (Lipinski definition) is 1. The van der Waals surface area contributed by atoms with Gasteiger partial charge in [0, 0.05) is 17.5 Å². The van der Waals surface area contributed by atoms with Crippen molar-refractivity contribution >= 4 is 16.5 Å². The first-order valence-corrected chi connectivity index (χ1v) is 7.10. The summed E-state index contributed by atoms with van der Waals surface area (Å²) in [7, 11) is 0. The van der Waals surface area contributed by atoms with Gasteiger partial charge in [0.05, 0.1) is 18.9 Å². The number of ether oxygens (including phenoxy) is 1. The molecule has 100 valence electrons. The summed E-state index contributed by atoms with van der Waals surface area (Å²) in [6, 6.07) is 10.2. The minimum Gasteiger partial charge on any atom is -0.375 e. The van der Waals surface area contributed by atoms with E-state index in [4.69, 9.17) is 4.74 Å². The summed E-state index contributed by atoms with van der Waals surface area (Å²) in [4.78, 5) is 4.55. The molecule has 0 aliphatic carbocycles. The number of nitrogens with zero attached hydrogens (tertiary/aromatic N) is 1. The molecule has 1 aromatic carbocycles. The molecule has 0 saturated heterocycles. The number of thiazole rings is 1. The molecule has 0 amide bonds. The van der Waals surface area contributed by atoms with Gasteiger partial charge in [-0.05, 0) is 6.92 Å². The van der Waals surface area contributed by atoms with Crippen molar-refractivity contribution in [1.29, 1.82) is 0 Å². The van der Waals surface area contributed by atoms with Crippen LogP contribution in [-0.4, -0.2) is 24.7 Å². The van der Waals surface area contributed by atoms with Crippen LogP contribution in [0.4, 0.5) is 5.13 Å². The Kier molecular flexibility index (Phi) is 5.12. The van der Waals surface area contributed by atoms with E-state index >= 15 is 0 Å². The Labute approximate surface area is 118 Å². The Balaban J connectivity index is 1.80. The molecular weight excluding hydrogens is 256 g/mol. The fourth-order valence-corrected chi connectivity index (χ4v) is 2.32. The Bertz CT molecular complexity index is 522. The quantitative estimate of drug-likeness (QED) is 0.615. The molecule has 3 nitrogen and oxygen atoms in total. The van der Waals surface area contributed by atoms with E-state index in [-0.39, 0.29) is 0 Å². The normalized spacial score (nSPS) is 10.4. The smallest absolute Gasteiger partial charge is 0.183 e. The van der Waals surface area contributed by atoms with Crippen LogP contribution in [0.25, 0.3) is 11.3 Å². The Morgan fingerprint density at radius 1 is 1.37 bits per heavy atom. The number of anilines is 1. The minimum absolute atomic E-state index is 0.620. The van der Waals surface area contributed by atoms with Crippen LogP contribution in [0.3, 0.4) is 0 Å². The zero-order valence-corrected chi connectivity index (χ0v) is 11.9. The molecule has 0 atom stereocenters. The third-order valence-electron chi connectivity index (χ3n) is 2.44. The topological polar surface area (TPSA) is 34.1 Å².